The molecular formula is C11H10F3N3O2S. The monoisotopic (exact) mass is 305 g/mol. The Morgan fingerprint density at radius 1 is 1.40 bits per heavy atom. The molecule has 0 saturated heterocycles. The van der Waals surface area contributed by atoms with E-state index >= 15 is 0 Å². The van der Waals surface area contributed by atoms with Gasteiger partial charge in [-0.05, 0) is 12.1 Å². The Labute approximate surface area is 117 Å². The standard InChI is InChI=1S/C11H10F3N3O2S/c12-11(13,14)19-7-3-1-2-6(4-7)17-8(15)5-9(18)16-10(17)20/h1-5,10,20H,15H2,(H,16,18). The van der Waals surface area contributed by atoms with E-state index in [1.54, 1.807) is 0 Å². The van der Waals surface area contributed by atoms with Gasteiger partial charge in [-0.1, -0.05) is 6.07 Å². The first-order valence-corrected chi connectivity index (χ1v) is 5.89. The fourth-order valence-electron chi connectivity index (χ4n) is 1.70. The van der Waals surface area contributed by atoms with Crippen molar-refractivity contribution in [3.05, 3.63) is 36.2 Å². The largest absolute Gasteiger partial charge is 0.573 e. The second kappa shape index (κ2) is 5.16. The highest BCUT2D eigenvalue weighted by Crippen LogP contribution is 2.29. The fraction of sp³-hybridized carbons (Fsp3) is 0.182. The van der Waals surface area contributed by atoms with E-state index in [-0.39, 0.29) is 11.6 Å². The van der Waals surface area contributed by atoms with Gasteiger partial charge in [-0.2, -0.15) is 0 Å². The zero-order chi connectivity index (χ0) is 14.9. The molecule has 0 aliphatic carbocycles. The van der Waals surface area contributed by atoms with Gasteiger partial charge >= 0.3 is 6.36 Å². The number of nitrogens with zero attached hydrogens (tertiary/aromatic N) is 1. The molecule has 0 radical (unpaired) electrons. The number of amides is 1. The molecule has 1 aliphatic heterocycles. The second-order valence-electron chi connectivity index (χ2n) is 3.87. The summed E-state index contributed by atoms with van der Waals surface area (Å²) >= 11 is 4.12. The highest BCUT2D eigenvalue weighted by molar-refractivity contribution is 7.81. The van der Waals surface area contributed by atoms with Crippen LogP contribution in [0.5, 0.6) is 5.75 Å². The van der Waals surface area contributed by atoms with Crippen LogP contribution in [-0.4, -0.2) is 17.8 Å². The summed E-state index contributed by atoms with van der Waals surface area (Å²) in [6.07, 6.45) is -3.67. The van der Waals surface area contributed by atoms with Crippen molar-refractivity contribution in [1.29, 1.82) is 0 Å². The minimum absolute atomic E-state index is 0.0675. The van der Waals surface area contributed by atoms with Crippen molar-refractivity contribution in [2.45, 2.75) is 11.9 Å². The molecular weight excluding hydrogens is 295 g/mol. The minimum Gasteiger partial charge on any atom is -0.406 e. The number of ether oxygens (including phenoxy) is 1. The maximum atomic E-state index is 12.2. The molecule has 3 N–H and O–H groups in total. The number of halogens is 3. The molecule has 1 unspecified atom stereocenters. The lowest BCUT2D eigenvalue weighted by molar-refractivity contribution is -0.274. The van der Waals surface area contributed by atoms with E-state index in [0.29, 0.717) is 5.69 Å². The van der Waals surface area contributed by atoms with E-state index in [0.717, 1.165) is 18.2 Å². The molecule has 108 valence electrons. The molecule has 5 nitrogen and oxygen atoms in total. The van der Waals surface area contributed by atoms with Gasteiger partial charge in [0.25, 0.3) is 0 Å². The Balaban J connectivity index is 2.31. The van der Waals surface area contributed by atoms with Gasteiger partial charge in [-0.15, -0.1) is 25.8 Å². The first kappa shape index (κ1) is 14.4. The molecule has 1 aliphatic rings. The minimum atomic E-state index is -4.78. The van der Waals surface area contributed by atoms with Crippen molar-refractivity contribution in [2.24, 2.45) is 5.73 Å². The van der Waals surface area contributed by atoms with Crippen molar-refractivity contribution >= 4 is 24.2 Å². The summed E-state index contributed by atoms with van der Waals surface area (Å²) in [5.74, 6) is -0.750. The maximum Gasteiger partial charge on any atom is 0.573 e. The Morgan fingerprint density at radius 2 is 2.10 bits per heavy atom. The summed E-state index contributed by atoms with van der Waals surface area (Å²) in [6.45, 7) is 0. The number of nitrogens with one attached hydrogen (secondary N) is 1. The summed E-state index contributed by atoms with van der Waals surface area (Å²) in [5.41, 5.74) is 5.21. The van der Waals surface area contributed by atoms with Crippen molar-refractivity contribution in [2.75, 3.05) is 4.90 Å². The molecule has 1 aromatic rings. The van der Waals surface area contributed by atoms with E-state index in [1.807, 2.05) is 0 Å². The third-order valence-corrected chi connectivity index (χ3v) is 2.76. The first-order valence-electron chi connectivity index (χ1n) is 5.37. The number of carbonyl (C=O) groups excluding carboxylic acids is 1. The third kappa shape index (κ3) is 3.29. The lowest BCUT2D eigenvalue weighted by Crippen LogP contribution is -2.50. The van der Waals surface area contributed by atoms with Gasteiger partial charge in [0.05, 0.1) is 0 Å². The fourth-order valence-corrected chi connectivity index (χ4v) is 2.09. The lowest BCUT2D eigenvalue weighted by atomic mass is 10.2. The quantitative estimate of drug-likeness (QED) is 0.725. The van der Waals surface area contributed by atoms with Crippen LogP contribution in [0.2, 0.25) is 0 Å². The predicted octanol–water partition coefficient (Wildman–Crippen LogP) is 1.53. The SMILES string of the molecule is NC1=CC(=O)NC(S)N1c1cccc(OC(F)(F)F)c1. The second-order valence-corrected chi connectivity index (χ2v) is 4.36. The summed E-state index contributed by atoms with van der Waals surface area (Å²) in [4.78, 5) is 12.6. The number of hydrogen-bond acceptors (Lipinski definition) is 5. The van der Waals surface area contributed by atoms with Crippen LogP contribution in [0.15, 0.2) is 36.2 Å². The molecule has 2 rings (SSSR count). The van der Waals surface area contributed by atoms with E-state index < -0.39 is 17.8 Å². The Morgan fingerprint density at radius 3 is 2.70 bits per heavy atom. The smallest absolute Gasteiger partial charge is 0.406 e. The Bertz CT molecular complexity index is 562. The van der Waals surface area contributed by atoms with Crippen LogP contribution in [-0.2, 0) is 4.79 Å². The van der Waals surface area contributed by atoms with Gasteiger partial charge in [0.1, 0.15) is 11.6 Å². The van der Waals surface area contributed by atoms with Gasteiger partial charge in [-0.3, -0.25) is 9.69 Å². The van der Waals surface area contributed by atoms with Gasteiger partial charge < -0.3 is 15.8 Å². The third-order valence-electron chi connectivity index (χ3n) is 2.40. The number of alkyl halides is 3. The van der Waals surface area contributed by atoms with Crippen molar-refractivity contribution in [1.82, 2.24) is 5.32 Å². The normalized spacial score (nSPS) is 19.4. The number of nitrogens with two attached hydrogens (primary N) is 1. The maximum absolute atomic E-state index is 12.2. The van der Waals surface area contributed by atoms with E-state index in [1.165, 1.54) is 17.0 Å². The summed E-state index contributed by atoms with van der Waals surface area (Å²) < 4.78 is 40.4. The van der Waals surface area contributed by atoms with E-state index in [2.05, 4.69) is 22.7 Å². The molecule has 1 amide bonds. The number of thiol groups is 1. The summed E-state index contributed by atoms with van der Waals surface area (Å²) in [7, 11) is 0. The van der Waals surface area contributed by atoms with Crippen LogP contribution in [0.25, 0.3) is 0 Å². The molecule has 0 spiro atoms. The van der Waals surface area contributed by atoms with Crippen LogP contribution in [0, 0.1) is 0 Å². The van der Waals surface area contributed by atoms with Crippen LogP contribution >= 0.6 is 12.6 Å². The zero-order valence-corrected chi connectivity index (χ0v) is 10.8. The molecule has 20 heavy (non-hydrogen) atoms. The summed E-state index contributed by atoms with van der Waals surface area (Å²) in [5, 5.41) is 2.46. The predicted molar refractivity (Wildman–Crippen MR) is 68.8 cm³/mol. The van der Waals surface area contributed by atoms with Gasteiger partial charge in [0, 0.05) is 17.8 Å². The average Bonchev–Trinajstić information content (AvgIpc) is 2.25. The molecule has 1 atom stereocenters. The molecule has 0 fully saturated rings. The van der Waals surface area contributed by atoms with Gasteiger partial charge in [0.2, 0.25) is 5.91 Å². The molecule has 0 bridgehead atoms. The van der Waals surface area contributed by atoms with Gasteiger partial charge in [-0.25, -0.2) is 0 Å². The van der Waals surface area contributed by atoms with Crippen molar-refractivity contribution < 1.29 is 22.7 Å². The average molecular weight is 305 g/mol. The Hall–Kier alpha value is -2.03. The van der Waals surface area contributed by atoms with Crippen LogP contribution in [0.1, 0.15) is 0 Å². The number of carbonyl (C=O) groups is 1. The molecule has 0 aromatic heterocycles. The molecule has 9 heteroatoms. The van der Waals surface area contributed by atoms with Crippen LogP contribution < -0.4 is 20.7 Å². The molecule has 1 heterocycles. The van der Waals surface area contributed by atoms with Gasteiger partial charge in [0.15, 0.2) is 5.50 Å². The number of benzene rings is 1. The van der Waals surface area contributed by atoms with Crippen molar-refractivity contribution in [3.8, 4) is 5.75 Å². The van der Waals surface area contributed by atoms with Crippen LogP contribution in [0.3, 0.4) is 0 Å². The zero-order valence-electron chi connectivity index (χ0n) is 9.89. The topological polar surface area (TPSA) is 67.6 Å². The number of anilines is 1. The number of hydrogen-bond donors (Lipinski definition) is 3. The number of rotatable bonds is 2. The van der Waals surface area contributed by atoms with Crippen LogP contribution in [0.4, 0.5) is 18.9 Å². The lowest BCUT2D eigenvalue weighted by Gasteiger charge is -2.33. The molecule has 0 saturated carbocycles. The van der Waals surface area contributed by atoms with E-state index in [4.69, 9.17) is 5.73 Å². The highest BCUT2D eigenvalue weighted by Gasteiger charge is 2.31. The Kier molecular flexibility index (Phi) is 3.71. The molecule has 1 aromatic carbocycles. The first-order chi connectivity index (χ1) is 9.26. The highest BCUT2D eigenvalue weighted by atomic mass is 32.1. The van der Waals surface area contributed by atoms with E-state index in [9.17, 15) is 18.0 Å². The van der Waals surface area contributed by atoms with Crippen molar-refractivity contribution in [3.63, 3.8) is 0 Å². The summed E-state index contributed by atoms with van der Waals surface area (Å²) in [6, 6.07) is 5.20.